The van der Waals surface area contributed by atoms with Gasteiger partial charge in [-0.2, -0.15) is 0 Å². The van der Waals surface area contributed by atoms with E-state index in [-0.39, 0.29) is 0 Å². The highest BCUT2D eigenvalue weighted by Crippen LogP contribution is 1.99. The van der Waals surface area contributed by atoms with E-state index in [0.29, 0.717) is 5.16 Å². The van der Waals surface area contributed by atoms with Crippen LogP contribution >= 0.6 is 11.6 Å². The van der Waals surface area contributed by atoms with Gasteiger partial charge in [0.25, 0.3) is 0 Å². The Bertz CT molecular complexity index is 93.1. The van der Waals surface area contributed by atoms with E-state index in [0.717, 1.165) is 13.1 Å². The SMILES string of the molecule is C=C(Cl)N(C)CC[NH2+]C. The van der Waals surface area contributed by atoms with Gasteiger partial charge in [-0.15, -0.1) is 0 Å². The maximum absolute atomic E-state index is 5.58. The molecule has 0 unspecified atom stereocenters. The fourth-order valence-corrected chi connectivity index (χ4v) is 0.529. The van der Waals surface area contributed by atoms with Gasteiger partial charge in [0.05, 0.1) is 25.3 Å². The van der Waals surface area contributed by atoms with Crippen LogP contribution in [0.3, 0.4) is 0 Å². The Morgan fingerprint density at radius 2 is 2.33 bits per heavy atom. The van der Waals surface area contributed by atoms with E-state index in [2.05, 4.69) is 11.9 Å². The molecule has 0 atom stereocenters. The molecule has 0 amide bonds. The van der Waals surface area contributed by atoms with E-state index in [1.807, 2.05) is 19.0 Å². The largest absolute Gasteiger partial charge is 0.360 e. The van der Waals surface area contributed by atoms with Crippen molar-refractivity contribution in [3.63, 3.8) is 0 Å². The van der Waals surface area contributed by atoms with E-state index in [1.165, 1.54) is 0 Å². The van der Waals surface area contributed by atoms with E-state index in [4.69, 9.17) is 11.6 Å². The molecule has 0 aromatic rings. The zero-order valence-corrected chi connectivity index (χ0v) is 6.78. The molecule has 0 saturated heterocycles. The van der Waals surface area contributed by atoms with Gasteiger partial charge in [-0.25, -0.2) is 0 Å². The van der Waals surface area contributed by atoms with Crippen molar-refractivity contribution < 1.29 is 5.32 Å². The van der Waals surface area contributed by atoms with Gasteiger partial charge in [-0.3, -0.25) is 0 Å². The van der Waals surface area contributed by atoms with Crippen molar-refractivity contribution in [2.45, 2.75) is 0 Å². The van der Waals surface area contributed by atoms with Crippen LogP contribution in [0.2, 0.25) is 0 Å². The maximum Gasteiger partial charge on any atom is 0.0970 e. The van der Waals surface area contributed by atoms with Crippen LogP contribution in [0.15, 0.2) is 11.7 Å². The summed E-state index contributed by atoms with van der Waals surface area (Å²) in [4.78, 5) is 1.92. The van der Waals surface area contributed by atoms with Crippen molar-refractivity contribution in [3.05, 3.63) is 11.7 Å². The van der Waals surface area contributed by atoms with Gasteiger partial charge in [-0.1, -0.05) is 18.2 Å². The summed E-state index contributed by atoms with van der Waals surface area (Å²) in [6.45, 7) is 5.60. The van der Waals surface area contributed by atoms with Gasteiger partial charge in [-0.05, 0) is 0 Å². The van der Waals surface area contributed by atoms with Gasteiger partial charge in [0.15, 0.2) is 0 Å². The average molecular weight is 150 g/mol. The van der Waals surface area contributed by atoms with Gasteiger partial charge in [0.2, 0.25) is 0 Å². The van der Waals surface area contributed by atoms with Crippen LogP contribution < -0.4 is 5.32 Å². The van der Waals surface area contributed by atoms with E-state index >= 15 is 0 Å². The predicted octanol–water partition coefficient (Wildman–Crippen LogP) is -0.179. The Morgan fingerprint density at radius 1 is 1.78 bits per heavy atom. The highest BCUT2D eigenvalue weighted by molar-refractivity contribution is 6.28. The van der Waals surface area contributed by atoms with Gasteiger partial charge < -0.3 is 10.2 Å². The molecule has 0 heterocycles. The summed E-state index contributed by atoms with van der Waals surface area (Å²) in [6.07, 6.45) is 0. The molecule has 2 N–H and O–H groups in total. The van der Waals surface area contributed by atoms with Crippen molar-refractivity contribution in [2.24, 2.45) is 0 Å². The minimum atomic E-state index is 0.608. The number of halogens is 1. The quantitative estimate of drug-likeness (QED) is 0.550. The second kappa shape index (κ2) is 4.65. The molecule has 0 aromatic carbocycles. The Hall–Kier alpha value is -0.210. The van der Waals surface area contributed by atoms with Gasteiger partial charge in [0.1, 0.15) is 0 Å². The van der Waals surface area contributed by atoms with Crippen LogP contribution in [0.1, 0.15) is 0 Å². The molecule has 0 bridgehead atoms. The van der Waals surface area contributed by atoms with Crippen LogP contribution in [-0.2, 0) is 0 Å². The number of rotatable bonds is 4. The topological polar surface area (TPSA) is 19.9 Å². The lowest BCUT2D eigenvalue weighted by Crippen LogP contribution is -2.81. The number of hydrogen-bond donors (Lipinski definition) is 1. The molecule has 9 heavy (non-hydrogen) atoms. The zero-order valence-electron chi connectivity index (χ0n) is 6.02. The first kappa shape index (κ1) is 8.79. The first-order valence-electron chi connectivity index (χ1n) is 3.02. The third-order valence-electron chi connectivity index (χ3n) is 1.17. The van der Waals surface area contributed by atoms with Crippen molar-refractivity contribution in [3.8, 4) is 0 Å². The summed E-state index contributed by atoms with van der Waals surface area (Å²) in [5.74, 6) is 0. The standard InChI is InChI=1S/C6H13ClN2/c1-6(7)9(3)5-4-8-2/h8H,1,4-5H2,2-3H3/p+1. The minimum Gasteiger partial charge on any atom is -0.360 e. The normalized spacial score (nSPS) is 9.22. The average Bonchev–Trinajstić information content (AvgIpc) is 1.82. The van der Waals surface area contributed by atoms with Gasteiger partial charge >= 0.3 is 0 Å². The fraction of sp³-hybridized carbons (Fsp3) is 0.667. The first-order chi connectivity index (χ1) is 4.18. The number of likely N-dealkylation sites (N-methyl/N-ethyl adjacent to an activating group) is 2. The van der Waals surface area contributed by atoms with E-state index in [1.54, 1.807) is 0 Å². The summed E-state index contributed by atoms with van der Waals surface area (Å²) in [5.41, 5.74) is 0. The zero-order chi connectivity index (χ0) is 7.28. The molecule has 54 valence electrons. The van der Waals surface area contributed by atoms with Crippen molar-refractivity contribution in [1.29, 1.82) is 0 Å². The molecular formula is C6H14ClN2+. The number of hydrogen-bond acceptors (Lipinski definition) is 1. The molecule has 0 radical (unpaired) electrons. The lowest BCUT2D eigenvalue weighted by Gasteiger charge is -2.14. The summed E-state index contributed by atoms with van der Waals surface area (Å²) in [7, 11) is 3.96. The Kier molecular flexibility index (Phi) is 4.54. The smallest absolute Gasteiger partial charge is 0.0970 e. The lowest BCUT2D eigenvalue weighted by molar-refractivity contribution is -0.626. The molecule has 0 aliphatic heterocycles. The summed E-state index contributed by atoms with van der Waals surface area (Å²) in [6, 6.07) is 0. The third-order valence-corrected chi connectivity index (χ3v) is 1.46. The van der Waals surface area contributed by atoms with E-state index < -0.39 is 0 Å². The summed E-state index contributed by atoms with van der Waals surface area (Å²) < 4.78 is 0. The van der Waals surface area contributed by atoms with Crippen molar-refractivity contribution >= 4 is 11.6 Å². The number of nitrogens with two attached hydrogens (primary N) is 1. The Morgan fingerprint density at radius 3 is 2.67 bits per heavy atom. The number of quaternary nitrogens is 1. The van der Waals surface area contributed by atoms with Gasteiger partial charge in [0, 0.05) is 7.05 Å². The first-order valence-corrected chi connectivity index (χ1v) is 3.39. The van der Waals surface area contributed by atoms with Crippen LogP contribution in [0, 0.1) is 0 Å². The molecule has 0 fully saturated rings. The summed E-state index contributed by atoms with van der Waals surface area (Å²) in [5, 5.41) is 2.72. The Labute approximate surface area is 61.5 Å². The van der Waals surface area contributed by atoms with Crippen LogP contribution in [0.5, 0.6) is 0 Å². The highest BCUT2D eigenvalue weighted by Gasteiger charge is 1.96. The van der Waals surface area contributed by atoms with Crippen molar-refractivity contribution in [1.82, 2.24) is 4.90 Å². The third kappa shape index (κ3) is 4.30. The van der Waals surface area contributed by atoms with Crippen LogP contribution in [0.4, 0.5) is 0 Å². The predicted molar refractivity (Wildman–Crippen MR) is 40.3 cm³/mol. The fourth-order valence-electron chi connectivity index (χ4n) is 0.444. The number of nitrogens with zero attached hydrogens (tertiary/aromatic N) is 1. The molecule has 3 heteroatoms. The highest BCUT2D eigenvalue weighted by atomic mass is 35.5. The Balaban J connectivity index is 3.27. The molecule has 2 nitrogen and oxygen atoms in total. The molecule has 0 aromatic heterocycles. The summed E-state index contributed by atoms with van der Waals surface area (Å²) >= 11 is 5.58. The van der Waals surface area contributed by atoms with Crippen LogP contribution in [-0.4, -0.2) is 32.1 Å². The lowest BCUT2D eigenvalue weighted by atomic mass is 10.6. The molecule has 0 aliphatic carbocycles. The second-order valence-corrected chi connectivity index (χ2v) is 2.43. The monoisotopic (exact) mass is 149 g/mol. The van der Waals surface area contributed by atoms with Crippen LogP contribution in [0.25, 0.3) is 0 Å². The van der Waals surface area contributed by atoms with Crippen molar-refractivity contribution in [2.75, 3.05) is 27.2 Å². The molecular weight excluding hydrogens is 136 g/mol. The molecule has 0 spiro atoms. The maximum atomic E-state index is 5.58. The molecule has 0 saturated carbocycles. The molecule has 0 rings (SSSR count). The molecule has 0 aliphatic rings. The second-order valence-electron chi connectivity index (χ2n) is 1.99. The minimum absolute atomic E-state index is 0.608. The van der Waals surface area contributed by atoms with E-state index in [9.17, 15) is 0 Å².